The van der Waals surface area contributed by atoms with Gasteiger partial charge in [-0.2, -0.15) is 13.2 Å². The number of alkyl halides is 7. The molecule has 0 aliphatic rings. The fourth-order valence-electron chi connectivity index (χ4n) is 1.04. The molecule has 18 heavy (non-hydrogen) atoms. The lowest BCUT2D eigenvalue weighted by Gasteiger charge is -2.16. The summed E-state index contributed by atoms with van der Waals surface area (Å²) in [5.41, 5.74) is -2.93. The highest BCUT2D eigenvalue weighted by molar-refractivity contribution is 5.48. The summed E-state index contributed by atoms with van der Waals surface area (Å²) in [7, 11) is 0. The molecule has 0 aromatic carbocycles. The van der Waals surface area contributed by atoms with E-state index in [2.05, 4.69) is 9.72 Å². The second-order valence-corrected chi connectivity index (χ2v) is 2.98. The Morgan fingerprint density at radius 3 is 2.11 bits per heavy atom. The van der Waals surface area contributed by atoms with Crippen molar-refractivity contribution in [2.45, 2.75) is 19.2 Å². The molecule has 0 spiro atoms. The van der Waals surface area contributed by atoms with Crippen LogP contribution in [0.15, 0.2) is 6.20 Å². The first-order chi connectivity index (χ1) is 8.06. The third kappa shape index (κ3) is 3.14. The first-order valence-electron chi connectivity index (χ1n) is 4.16. The van der Waals surface area contributed by atoms with Crippen molar-refractivity contribution in [1.29, 1.82) is 0 Å². The van der Waals surface area contributed by atoms with Crippen LogP contribution in [0.4, 0.5) is 30.7 Å². The number of pyridine rings is 1. The van der Waals surface area contributed by atoms with Gasteiger partial charge in [0.15, 0.2) is 11.5 Å². The minimum absolute atomic E-state index is 0.0459. The van der Waals surface area contributed by atoms with E-state index < -0.39 is 42.0 Å². The zero-order chi connectivity index (χ0) is 14.1. The van der Waals surface area contributed by atoms with E-state index >= 15 is 0 Å². The molecular formula is C8H4F7NO2. The number of halogens is 7. The van der Waals surface area contributed by atoms with Crippen molar-refractivity contribution in [3.63, 3.8) is 0 Å². The lowest BCUT2D eigenvalue weighted by molar-refractivity contribution is -0.276. The molecule has 0 fully saturated rings. The molecule has 0 radical (unpaired) electrons. The van der Waals surface area contributed by atoms with Crippen LogP contribution < -0.4 is 4.74 Å². The molecule has 10 heteroatoms. The molecule has 1 N–H and O–H groups in total. The lowest BCUT2D eigenvalue weighted by atomic mass is 10.2. The maximum Gasteiger partial charge on any atom is 0.573 e. The van der Waals surface area contributed by atoms with E-state index in [1.807, 2.05) is 0 Å². The maximum atomic E-state index is 12.3. The van der Waals surface area contributed by atoms with Crippen LogP contribution in [0.1, 0.15) is 11.3 Å². The molecule has 0 saturated heterocycles. The van der Waals surface area contributed by atoms with Crippen molar-refractivity contribution in [2.75, 3.05) is 0 Å². The van der Waals surface area contributed by atoms with Gasteiger partial charge < -0.3 is 9.84 Å². The Morgan fingerprint density at radius 2 is 1.72 bits per heavy atom. The average molecular weight is 279 g/mol. The Bertz CT molecular complexity index is 440. The molecule has 1 rings (SSSR count). The maximum absolute atomic E-state index is 12.3. The van der Waals surface area contributed by atoms with Gasteiger partial charge in [-0.3, -0.25) is 4.98 Å². The van der Waals surface area contributed by atoms with E-state index in [-0.39, 0.29) is 6.20 Å². The molecule has 1 aromatic rings. The third-order valence-electron chi connectivity index (χ3n) is 1.73. The monoisotopic (exact) mass is 279 g/mol. The SMILES string of the molecule is Oc1c(CF)ncc(C(F)(F)F)c1OC(F)(F)F. The summed E-state index contributed by atoms with van der Waals surface area (Å²) in [6, 6.07) is 0. The van der Waals surface area contributed by atoms with Crippen LogP contribution in [0.3, 0.4) is 0 Å². The van der Waals surface area contributed by atoms with Crippen LogP contribution in [-0.2, 0) is 12.9 Å². The van der Waals surface area contributed by atoms with Gasteiger partial charge in [0.1, 0.15) is 17.9 Å². The Kier molecular flexibility index (Phi) is 3.58. The molecule has 0 aliphatic heterocycles. The second kappa shape index (κ2) is 4.50. The molecule has 102 valence electrons. The normalized spacial score (nSPS) is 12.6. The molecule has 0 unspecified atom stereocenters. The van der Waals surface area contributed by atoms with E-state index in [9.17, 15) is 30.7 Å². The van der Waals surface area contributed by atoms with Gasteiger partial charge in [0.2, 0.25) is 0 Å². The number of nitrogens with zero attached hydrogens (tertiary/aromatic N) is 1. The van der Waals surface area contributed by atoms with Crippen molar-refractivity contribution < 1.29 is 40.6 Å². The topological polar surface area (TPSA) is 42.4 Å². The largest absolute Gasteiger partial charge is 0.573 e. The highest BCUT2D eigenvalue weighted by Gasteiger charge is 2.42. The number of rotatable bonds is 2. The number of hydrogen-bond donors (Lipinski definition) is 1. The van der Waals surface area contributed by atoms with Crippen LogP contribution in [-0.4, -0.2) is 16.5 Å². The van der Waals surface area contributed by atoms with Crippen molar-refractivity contribution in [3.8, 4) is 11.5 Å². The quantitative estimate of drug-likeness (QED) is 0.845. The molecule has 1 heterocycles. The zero-order valence-corrected chi connectivity index (χ0v) is 8.23. The Balaban J connectivity index is 3.41. The van der Waals surface area contributed by atoms with Crippen molar-refractivity contribution in [3.05, 3.63) is 17.5 Å². The fraction of sp³-hybridized carbons (Fsp3) is 0.375. The van der Waals surface area contributed by atoms with Gasteiger partial charge in [0.25, 0.3) is 0 Å². The first-order valence-corrected chi connectivity index (χ1v) is 4.16. The minimum atomic E-state index is -5.47. The van der Waals surface area contributed by atoms with Crippen molar-refractivity contribution in [2.24, 2.45) is 0 Å². The number of aromatic hydroxyl groups is 1. The molecule has 0 amide bonds. The van der Waals surface area contributed by atoms with E-state index in [4.69, 9.17) is 5.11 Å². The van der Waals surface area contributed by atoms with Crippen LogP contribution in [0.2, 0.25) is 0 Å². The van der Waals surface area contributed by atoms with Gasteiger partial charge in [0, 0.05) is 6.20 Å². The molecule has 0 aliphatic carbocycles. The summed E-state index contributed by atoms with van der Waals surface area (Å²) in [6.07, 6.45) is -10.7. The van der Waals surface area contributed by atoms with E-state index in [1.165, 1.54) is 0 Å². The number of ether oxygens (including phenoxy) is 1. The summed E-state index contributed by atoms with van der Waals surface area (Å²) >= 11 is 0. The van der Waals surface area contributed by atoms with Gasteiger partial charge in [-0.25, -0.2) is 4.39 Å². The molecule has 0 saturated carbocycles. The third-order valence-corrected chi connectivity index (χ3v) is 1.73. The highest BCUT2D eigenvalue weighted by atomic mass is 19.4. The molecule has 3 nitrogen and oxygen atoms in total. The van der Waals surface area contributed by atoms with E-state index in [0.29, 0.717) is 0 Å². The summed E-state index contributed by atoms with van der Waals surface area (Å²) in [4.78, 5) is 2.86. The fourth-order valence-corrected chi connectivity index (χ4v) is 1.04. The molecule has 0 atom stereocenters. The minimum Gasteiger partial charge on any atom is -0.503 e. The van der Waals surface area contributed by atoms with E-state index in [1.54, 1.807) is 0 Å². The van der Waals surface area contributed by atoms with Crippen molar-refractivity contribution in [1.82, 2.24) is 4.98 Å². The van der Waals surface area contributed by atoms with Crippen LogP contribution in [0.25, 0.3) is 0 Å². The predicted molar refractivity (Wildman–Crippen MR) is 42.4 cm³/mol. The molecule has 0 bridgehead atoms. The van der Waals surface area contributed by atoms with Gasteiger partial charge in [-0.15, -0.1) is 13.2 Å². The van der Waals surface area contributed by atoms with Gasteiger partial charge in [0.05, 0.1) is 0 Å². The zero-order valence-electron chi connectivity index (χ0n) is 8.23. The second-order valence-electron chi connectivity index (χ2n) is 2.98. The standard InChI is InChI=1S/C8H4F7NO2/c9-1-4-5(17)6(18-8(13,14)15)3(2-16-4)7(10,11)12/h2,17H,1H2. The van der Waals surface area contributed by atoms with Crippen molar-refractivity contribution >= 4 is 0 Å². The van der Waals surface area contributed by atoms with Gasteiger partial charge in [-0.1, -0.05) is 0 Å². The Labute approximate surface area is 94.8 Å². The molecule has 1 aromatic heterocycles. The van der Waals surface area contributed by atoms with Crippen LogP contribution in [0, 0.1) is 0 Å². The summed E-state index contributed by atoms with van der Waals surface area (Å²) in [5.74, 6) is -3.55. The summed E-state index contributed by atoms with van der Waals surface area (Å²) < 4.78 is 88.0. The Hall–Kier alpha value is -1.74. The summed E-state index contributed by atoms with van der Waals surface area (Å²) in [6.45, 7) is -1.54. The highest BCUT2D eigenvalue weighted by Crippen LogP contribution is 2.44. The number of aromatic nitrogens is 1. The Morgan fingerprint density at radius 1 is 1.17 bits per heavy atom. The van der Waals surface area contributed by atoms with Crippen LogP contribution in [0.5, 0.6) is 11.5 Å². The summed E-state index contributed by atoms with van der Waals surface area (Å²) in [5, 5.41) is 9.07. The van der Waals surface area contributed by atoms with Gasteiger partial charge >= 0.3 is 12.5 Å². The lowest BCUT2D eigenvalue weighted by Crippen LogP contribution is -2.21. The van der Waals surface area contributed by atoms with E-state index in [0.717, 1.165) is 0 Å². The average Bonchev–Trinajstić information content (AvgIpc) is 2.17. The van der Waals surface area contributed by atoms with Gasteiger partial charge in [-0.05, 0) is 0 Å². The smallest absolute Gasteiger partial charge is 0.503 e. The van der Waals surface area contributed by atoms with Crippen LogP contribution >= 0.6 is 0 Å². The first kappa shape index (κ1) is 14.3. The molecular weight excluding hydrogens is 275 g/mol. The predicted octanol–water partition coefficient (Wildman–Crippen LogP) is 3.17. The number of hydrogen-bond acceptors (Lipinski definition) is 3.